The fourth-order valence-electron chi connectivity index (χ4n) is 1.55. The first-order chi connectivity index (χ1) is 10.0. The zero-order chi connectivity index (χ0) is 15.4. The summed E-state index contributed by atoms with van der Waals surface area (Å²) in [6.07, 6.45) is 1.36. The molecule has 0 aliphatic heterocycles. The molecular weight excluding hydrogens is 283 g/mol. The predicted octanol–water partition coefficient (Wildman–Crippen LogP) is -0.111. The zero-order valence-electron chi connectivity index (χ0n) is 10.7. The van der Waals surface area contributed by atoms with E-state index in [0.717, 1.165) is 22.9 Å². The van der Waals surface area contributed by atoms with Gasteiger partial charge in [0.05, 0.1) is 24.2 Å². The maximum absolute atomic E-state index is 13.7. The molecule has 1 heterocycles. The largest absolute Gasteiger partial charge is 0.349 e. The van der Waals surface area contributed by atoms with Crippen molar-refractivity contribution in [3.05, 3.63) is 46.0 Å². The summed E-state index contributed by atoms with van der Waals surface area (Å²) in [6.45, 7) is -0.0831. The van der Waals surface area contributed by atoms with Crippen LogP contribution in [0.15, 0.2) is 24.4 Å². The number of nitrogens with one attached hydrogen (secondary N) is 1. The fourth-order valence-corrected chi connectivity index (χ4v) is 1.55. The highest BCUT2D eigenvalue weighted by molar-refractivity contribution is 5.77. The highest BCUT2D eigenvalue weighted by atomic mass is 19.1. The molecule has 0 spiro atoms. The molecule has 2 aromatic rings. The summed E-state index contributed by atoms with van der Waals surface area (Å²) in [4.78, 5) is 21.1. The second kappa shape index (κ2) is 6.05. The van der Waals surface area contributed by atoms with Crippen molar-refractivity contribution in [2.75, 3.05) is 6.54 Å². The highest BCUT2D eigenvalue weighted by Crippen LogP contribution is 2.19. The molecule has 0 bridgehead atoms. The minimum absolute atomic E-state index is 0.0760. The number of hydrogen-bond acceptors (Lipinski definition) is 6. The first-order valence-electron chi connectivity index (χ1n) is 5.83. The first kappa shape index (κ1) is 14.5. The first-order valence-corrected chi connectivity index (χ1v) is 5.83. The molecule has 2 rings (SSSR count). The standard InChI is InChI=1S/C11H11FN6O3/c12-9-2-1-8(18(20)21)3-10(9)17-6-7(15-16-17)5-14-11(19)4-13/h1-3,6H,4-5,13H2,(H,14,19). The number of non-ortho nitro benzene ring substituents is 1. The molecule has 3 N–H and O–H groups in total. The van der Waals surface area contributed by atoms with E-state index in [4.69, 9.17) is 5.73 Å². The van der Waals surface area contributed by atoms with Gasteiger partial charge in [-0.1, -0.05) is 5.21 Å². The lowest BCUT2D eigenvalue weighted by Gasteiger charge is -2.02. The molecule has 0 aliphatic carbocycles. The van der Waals surface area contributed by atoms with Crippen LogP contribution in [-0.2, 0) is 11.3 Å². The summed E-state index contributed by atoms with van der Waals surface area (Å²) >= 11 is 0. The van der Waals surface area contributed by atoms with Crippen LogP contribution in [-0.4, -0.2) is 32.4 Å². The second-order valence-corrected chi connectivity index (χ2v) is 4.03. The smallest absolute Gasteiger partial charge is 0.271 e. The number of amides is 1. The van der Waals surface area contributed by atoms with E-state index < -0.39 is 10.7 Å². The quantitative estimate of drug-likeness (QED) is 0.584. The van der Waals surface area contributed by atoms with Crippen LogP contribution in [0.2, 0.25) is 0 Å². The van der Waals surface area contributed by atoms with Crippen LogP contribution in [0.1, 0.15) is 5.69 Å². The lowest BCUT2D eigenvalue weighted by atomic mass is 10.2. The van der Waals surface area contributed by atoms with Crippen molar-refractivity contribution in [1.29, 1.82) is 0 Å². The van der Waals surface area contributed by atoms with Crippen LogP contribution in [0, 0.1) is 15.9 Å². The van der Waals surface area contributed by atoms with Crippen LogP contribution >= 0.6 is 0 Å². The van der Waals surface area contributed by atoms with E-state index in [2.05, 4.69) is 15.6 Å². The Hall–Kier alpha value is -2.88. The van der Waals surface area contributed by atoms with E-state index >= 15 is 0 Å². The van der Waals surface area contributed by atoms with Crippen LogP contribution in [0.5, 0.6) is 0 Å². The predicted molar refractivity (Wildman–Crippen MR) is 68.9 cm³/mol. The van der Waals surface area contributed by atoms with Crippen molar-refractivity contribution in [3.8, 4) is 5.69 Å². The summed E-state index contributed by atoms with van der Waals surface area (Å²) in [5.74, 6) is -1.05. The Bertz CT molecular complexity index is 686. The summed E-state index contributed by atoms with van der Waals surface area (Å²) in [7, 11) is 0. The van der Waals surface area contributed by atoms with Gasteiger partial charge < -0.3 is 11.1 Å². The van der Waals surface area contributed by atoms with Crippen molar-refractivity contribution in [1.82, 2.24) is 20.3 Å². The van der Waals surface area contributed by atoms with Crippen molar-refractivity contribution in [2.24, 2.45) is 5.73 Å². The number of rotatable bonds is 5. The number of halogens is 1. The fraction of sp³-hybridized carbons (Fsp3) is 0.182. The second-order valence-electron chi connectivity index (χ2n) is 4.03. The van der Waals surface area contributed by atoms with Crippen molar-refractivity contribution in [2.45, 2.75) is 6.54 Å². The molecule has 0 aliphatic rings. The topological polar surface area (TPSA) is 129 Å². The molecule has 1 aromatic heterocycles. The maximum atomic E-state index is 13.7. The molecule has 1 amide bonds. The van der Waals surface area contributed by atoms with Crippen LogP contribution in [0.25, 0.3) is 5.69 Å². The van der Waals surface area contributed by atoms with Gasteiger partial charge in [-0.15, -0.1) is 5.10 Å². The molecule has 1 aromatic carbocycles. The average molecular weight is 294 g/mol. The Balaban J connectivity index is 2.23. The van der Waals surface area contributed by atoms with Gasteiger partial charge in [-0.2, -0.15) is 0 Å². The molecule has 0 fully saturated rings. The molecule has 0 unspecified atom stereocenters. The molecule has 9 nitrogen and oxygen atoms in total. The number of carbonyl (C=O) groups is 1. The Morgan fingerprint density at radius 1 is 1.52 bits per heavy atom. The van der Waals surface area contributed by atoms with Crippen molar-refractivity contribution in [3.63, 3.8) is 0 Å². The normalized spacial score (nSPS) is 10.4. The summed E-state index contributed by atoms with van der Waals surface area (Å²) in [5, 5.41) is 20.6. The molecule has 110 valence electrons. The number of nitro benzene ring substituents is 1. The van der Waals surface area contributed by atoms with Crippen molar-refractivity contribution < 1.29 is 14.1 Å². The highest BCUT2D eigenvalue weighted by Gasteiger charge is 2.14. The lowest BCUT2D eigenvalue weighted by molar-refractivity contribution is -0.384. The number of aromatic nitrogens is 3. The molecule has 0 atom stereocenters. The van der Waals surface area contributed by atoms with Gasteiger partial charge in [0.1, 0.15) is 17.2 Å². The van der Waals surface area contributed by atoms with Gasteiger partial charge in [0.2, 0.25) is 5.91 Å². The monoisotopic (exact) mass is 294 g/mol. The molecule has 0 saturated carbocycles. The van der Waals surface area contributed by atoms with Crippen LogP contribution in [0.4, 0.5) is 10.1 Å². The molecule has 0 radical (unpaired) electrons. The van der Waals surface area contributed by atoms with E-state index in [1.807, 2.05) is 0 Å². The molecular formula is C11H11FN6O3. The Kier molecular flexibility index (Phi) is 4.18. The third-order valence-electron chi connectivity index (χ3n) is 2.58. The Morgan fingerprint density at radius 2 is 2.29 bits per heavy atom. The SMILES string of the molecule is NCC(=O)NCc1cn(-c2cc([N+](=O)[O-])ccc2F)nn1. The number of hydrogen-bond donors (Lipinski definition) is 2. The van der Waals surface area contributed by atoms with E-state index in [0.29, 0.717) is 5.69 Å². The summed E-state index contributed by atoms with van der Waals surface area (Å²) in [6, 6.07) is 3.08. The Labute approximate surface area is 117 Å². The summed E-state index contributed by atoms with van der Waals surface area (Å²) in [5.41, 5.74) is 5.13. The van der Waals surface area contributed by atoms with E-state index in [9.17, 15) is 19.3 Å². The van der Waals surface area contributed by atoms with Gasteiger partial charge in [-0.25, -0.2) is 9.07 Å². The van der Waals surface area contributed by atoms with Gasteiger partial charge in [0, 0.05) is 12.1 Å². The van der Waals surface area contributed by atoms with Gasteiger partial charge in [-0.3, -0.25) is 14.9 Å². The van der Waals surface area contributed by atoms with Gasteiger partial charge >= 0.3 is 0 Å². The third-order valence-corrected chi connectivity index (χ3v) is 2.58. The van der Waals surface area contributed by atoms with E-state index in [-0.39, 0.29) is 30.4 Å². The number of nitrogens with two attached hydrogens (primary N) is 1. The summed E-state index contributed by atoms with van der Waals surface area (Å²) < 4.78 is 14.8. The lowest BCUT2D eigenvalue weighted by Crippen LogP contribution is -2.29. The minimum atomic E-state index is -0.678. The van der Waals surface area contributed by atoms with Crippen LogP contribution in [0.3, 0.4) is 0 Å². The molecule has 0 saturated heterocycles. The average Bonchev–Trinajstić information content (AvgIpc) is 2.93. The van der Waals surface area contributed by atoms with E-state index in [1.54, 1.807) is 0 Å². The third kappa shape index (κ3) is 3.36. The maximum Gasteiger partial charge on any atom is 0.271 e. The van der Waals surface area contributed by atoms with Gasteiger partial charge in [-0.05, 0) is 6.07 Å². The zero-order valence-corrected chi connectivity index (χ0v) is 10.7. The number of carbonyl (C=O) groups excluding carboxylic acids is 1. The Morgan fingerprint density at radius 3 is 2.95 bits per heavy atom. The number of nitro groups is 1. The minimum Gasteiger partial charge on any atom is -0.349 e. The molecule has 10 heteroatoms. The van der Waals surface area contributed by atoms with Crippen LogP contribution < -0.4 is 11.1 Å². The molecule has 21 heavy (non-hydrogen) atoms. The number of nitrogens with zero attached hydrogens (tertiary/aromatic N) is 4. The number of benzene rings is 1. The van der Waals surface area contributed by atoms with Gasteiger partial charge in [0.15, 0.2) is 0 Å². The van der Waals surface area contributed by atoms with Crippen molar-refractivity contribution >= 4 is 11.6 Å². The van der Waals surface area contributed by atoms with Gasteiger partial charge in [0.25, 0.3) is 5.69 Å². The van der Waals surface area contributed by atoms with E-state index in [1.165, 1.54) is 6.20 Å².